The average molecular weight is 277 g/mol. The average Bonchev–Trinajstić information content (AvgIpc) is 2.26. The first kappa shape index (κ1) is 15.3. The van der Waals surface area contributed by atoms with E-state index >= 15 is 0 Å². The van der Waals surface area contributed by atoms with Gasteiger partial charge in [-0.1, -0.05) is 0 Å². The molecular weight excluding hydrogens is 263 g/mol. The van der Waals surface area contributed by atoms with Gasteiger partial charge in [-0.05, 0) is 26.8 Å². The fourth-order valence-electron chi connectivity index (χ4n) is 1.41. The number of esters is 1. The minimum atomic E-state index is -4.75. The van der Waals surface area contributed by atoms with Crippen LogP contribution < -0.4 is 4.74 Å². The van der Waals surface area contributed by atoms with Crippen molar-refractivity contribution in [1.82, 2.24) is 4.98 Å². The van der Waals surface area contributed by atoms with Crippen LogP contribution in [-0.4, -0.2) is 23.7 Å². The van der Waals surface area contributed by atoms with Gasteiger partial charge in [0.25, 0.3) is 0 Å². The van der Waals surface area contributed by atoms with Crippen molar-refractivity contribution in [3.8, 4) is 5.75 Å². The van der Waals surface area contributed by atoms with Gasteiger partial charge in [0.05, 0.1) is 12.7 Å². The molecule has 0 saturated carbocycles. The Kier molecular flexibility index (Phi) is 4.74. The monoisotopic (exact) mass is 277 g/mol. The van der Waals surface area contributed by atoms with Crippen molar-refractivity contribution in [2.45, 2.75) is 33.1 Å². The quantitative estimate of drug-likeness (QED) is 0.794. The van der Waals surface area contributed by atoms with E-state index in [1.165, 1.54) is 13.0 Å². The van der Waals surface area contributed by atoms with Gasteiger partial charge >= 0.3 is 12.1 Å². The van der Waals surface area contributed by atoms with E-state index in [4.69, 9.17) is 4.74 Å². The predicted molar refractivity (Wildman–Crippen MR) is 61.0 cm³/mol. The summed E-state index contributed by atoms with van der Waals surface area (Å²) >= 11 is 0. The Labute approximate surface area is 108 Å². The lowest BCUT2D eigenvalue weighted by molar-refractivity contribution is -0.141. The summed E-state index contributed by atoms with van der Waals surface area (Å²) in [4.78, 5) is 14.9. The molecule has 0 atom stereocenters. The minimum absolute atomic E-state index is 0.0356. The molecule has 1 heterocycles. The number of rotatable bonds is 4. The molecule has 7 heteroatoms. The minimum Gasteiger partial charge on any atom is -0.490 e. The van der Waals surface area contributed by atoms with Gasteiger partial charge in [-0.2, -0.15) is 13.2 Å². The molecule has 0 radical (unpaired) electrons. The van der Waals surface area contributed by atoms with Crippen molar-refractivity contribution in [2.75, 3.05) is 6.61 Å². The summed E-state index contributed by atoms with van der Waals surface area (Å²) in [6.07, 6.45) is -4.18. The van der Waals surface area contributed by atoms with Gasteiger partial charge in [-0.3, -0.25) is 4.98 Å². The van der Waals surface area contributed by atoms with Crippen LogP contribution >= 0.6 is 0 Å². The van der Waals surface area contributed by atoms with E-state index in [1.807, 2.05) is 0 Å². The van der Waals surface area contributed by atoms with Crippen LogP contribution in [0.2, 0.25) is 0 Å². The van der Waals surface area contributed by atoms with Gasteiger partial charge in [-0.15, -0.1) is 0 Å². The smallest absolute Gasteiger partial charge is 0.434 e. The lowest BCUT2D eigenvalue weighted by Crippen LogP contribution is -2.20. The summed E-state index contributed by atoms with van der Waals surface area (Å²) in [5, 5.41) is 0. The second kappa shape index (κ2) is 5.90. The molecule has 0 unspecified atom stereocenters. The first-order valence-electron chi connectivity index (χ1n) is 5.67. The maximum absolute atomic E-state index is 12.8. The lowest BCUT2D eigenvalue weighted by atomic mass is 10.1. The standard InChI is InChI=1S/C12H14F3NO3/c1-4-18-11(17)9-8(19-7(2)3)5-6-16-10(9)12(13,14)15/h5-7H,4H2,1-3H3. The Hall–Kier alpha value is -1.79. The van der Waals surface area contributed by atoms with Crippen molar-refractivity contribution in [3.05, 3.63) is 23.5 Å². The SMILES string of the molecule is CCOC(=O)c1c(OC(C)C)ccnc1C(F)(F)F. The van der Waals surface area contributed by atoms with Crippen molar-refractivity contribution in [3.63, 3.8) is 0 Å². The van der Waals surface area contributed by atoms with Crippen LogP contribution in [0.15, 0.2) is 12.3 Å². The number of hydrogen-bond acceptors (Lipinski definition) is 4. The van der Waals surface area contributed by atoms with E-state index < -0.39 is 23.4 Å². The second-order valence-corrected chi connectivity index (χ2v) is 3.92. The molecule has 0 N–H and O–H groups in total. The summed E-state index contributed by atoms with van der Waals surface area (Å²) in [6.45, 7) is 4.75. The summed E-state index contributed by atoms with van der Waals surface area (Å²) in [5.74, 6) is -1.28. The molecule has 0 fully saturated rings. The molecule has 0 spiro atoms. The van der Waals surface area contributed by atoms with Gasteiger partial charge in [0.15, 0.2) is 5.69 Å². The van der Waals surface area contributed by atoms with Crippen LogP contribution in [0.1, 0.15) is 36.8 Å². The summed E-state index contributed by atoms with van der Waals surface area (Å²) in [5.41, 5.74) is -1.99. The number of aromatic nitrogens is 1. The molecular formula is C12H14F3NO3. The Balaban J connectivity index is 3.36. The van der Waals surface area contributed by atoms with Crippen molar-refractivity contribution >= 4 is 5.97 Å². The topological polar surface area (TPSA) is 48.4 Å². The number of alkyl halides is 3. The highest BCUT2D eigenvalue weighted by Crippen LogP contribution is 2.35. The third-order valence-corrected chi connectivity index (χ3v) is 2.02. The Morgan fingerprint density at radius 1 is 1.42 bits per heavy atom. The lowest BCUT2D eigenvalue weighted by Gasteiger charge is -2.17. The van der Waals surface area contributed by atoms with Crippen molar-refractivity contribution in [2.24, 2.45) is 0 Å². The van der Waals surface area contributed by atoms with Crippen LogP contribution in [0.5, 0.6) is 5.75 Å². The number of carbonyl (C=O) groups excluding carboxylic acids is 1. The molecule has 0 aliphatic carbocycles. The first-order chi connectivity index (χ1) is 8.77. The number of pyridine rings is 1. The summed E-state index contributed by atoms with van der Waals surface area (Å²) in [7, 11) is 0. The fraction of sp³-hybridized carbons (Fsp3) is 0.500. The number of nitrogens with zero attached hydrogens (tertiary/aromatic N) is 1. The van der Waals surface area contributed by atoms with E-state index in [-0.39, 0.29) is 18.5 Å². The Morgan fingerprint density at radius 2 is 2.05 bits per heavy atom. The van der Waals surface area contributed by atoms with Crippen LogP contribution in [0, 0.1) is 0 Å². The Bertz CT molecular complexity index is 458. The highest BCUT2D eigenvalue weighted by molar-refractivity contribution is 5.93. The summed E-state index contributed by atoms with van der Waals surface area (Å²) in [6, 6.07) is 1.21. The zero-order valence-electron chi connectivity index (χ0n) is 10.7. The molecule has 0 bridgehead atoms. The van der Waals surface area contributed by atoms with Gasteiger partial charge in [0.2, 0.25) is 0 Å². The molecule has 4 nitrogen and oxygen atoms in total. The normalized spacial score (nSPS) is 11.5. The molecule has 1 aromatic rings. The fourth-order valence-corrected chi connectivity index (χ4v) is 1.41. The van der Waals surface area contributed by atoms with E-state index in [0.29, 0.717) is 0 Å². The molecule has 0 aliphatic heterocycles. The second-order valence-electron chi connectivity index (χ2n) is 3.92. The van der Waals surface area contributed by atoms with Crippen LogP contribution in [-0.2, 0) is 10.9 Å². The van der Waals surface area contributed by atoms with Crippen LogP contribution in [0.3, 0.4) is 0 Å². The molecule has 0 saturated heterocycles. The molecule has 0 aromatic carbocycles. The van der Waals surface area contributed by atoms with Gasteiger partial charge in [-0.25, -0.2) is 4.79 Å². The molecule has 1 rings (SSSR count). The maximum Gasteiger partial charge on any atom is 0.434 e. The van der Waals surface area contributed by atoms with Gasteiger partial charge in [0, 0.05) is 6.20 Å². The molecule has 0 amide bonds. The first-order valence-corrected chi connectivity index (χ1v) is 5.67. The van der Waals surface area contributed by atoms with Gasteiger partial charge < -0.3 is 9.47 Å². The van der Waals surface area contributed by atoms with E-state index in [1.54, 1.807) is 13.8 Å². The number of carbonyl (C=O) groups is 1. The molecule has 0 aliphatic rings. The Morgan fingerprint density at radius 3 is 2.53 bits per heavy atom. The zero-order chi connectivity index (χ0) is 14.6. The van der Waals surface area contributed by atoms with Crippen LogP contribution in [0.4, 0.5) is 13.2 Å². The largest absolute Gasteiger partial charge is 0.490 e. The number of ether oxygens (including phenoxy) is 2. The predicted octanol–water partition coefficient (Wildman–Crippen LogP) is 3.06. The number of hydrogen-bond donors (Lipinski definition) is 0. The summed E-state index contributed by atoms with van der Waals surface area (Å²) < 4.78 is 48.4. The van der Waals surface area contributed by atoms with Crippen molar-refractivity contribution < 1.29 is 27.4 Å². The molecule has 19 heavy (non-hydrogen) atoms. The highest BCUT2D eigenvalue weighted by atomic mass is 19.4. The van der Waals surface area contributed by atoms with Crippen molar-refractivity contribution in [1.29, 1.82) is 0 Å². The third kappa shape index (κ3) is 3.84. The molecule has 1 aromatic heterocycles. The van der Waals surface area contributed by atoms with Crippen LogP contribution in [0.25, 0.3) is 0 Å². The maximum atomic E-state index is 12.8. The molecule has 106 valence electrons. The highest BCUT2D eigenvalue weighted by Gasteiger charge is 2.39. The third-order valence-electron chi connectivity index (χ3n) is 2.02. The zero-order valence-corrected chi connectivity index (χ0v) is 10.7. The van der Waals surface area contributed by atoms with E-state index in [0.717, 1.165) is 6.20 Å². The van der Waals surface area contributed by atoms with E-state index in [2.05, 4.69) is 9.72 Å². The number of halogens is 3. The van der Waals surface area contributed by atoms with Gasteiger partial charge in [0.1, 0.15) is 11.3 Å². The van der Waals surface area contributed by atoms with E-state index in [9.17, 15) is 18.0 Å².